The van der Waals surface area contributed by atoms with Crippen LogP contribution in [0.1, 0.15) is 36.5 Å². The molecule has 1 aliphatic heterocycles. The van der Waals surface area contributed by atoms with Crippen molar-refractivity contribution in [3.05, 3.63) is 23.8 Å². The van der Waals surface area contributed by atoms with Crippen LogP contribution in [0.3, 0.4) is 0 Å². The number of ether oxygens (including phenoxy) is 2. The van der Waals surface area contributed by atoms with Gasteiger partial charge in [0.25, 0.3) is 0 Å². The summed E-state index contributed by atoms with van der Waals surface area (Å²) in [5, 5.41) is 2.71. The van der Waals surface area contributed by atoms with Crippen molar-refractivity contribution in [1.82, 2.24) is 5.32 Å². The number of ketones is 1. The van der Waals surface area contributed by atoms with Gasteiger partial charge in [0.2, 0.25) is 12.7 Å². The molecular formula is C14H17NO4. The Hall–Kier alpha value is -2.04. The molecule has 1 aromatic rings. The van der Waals surface area contributed by atoms with E-state index in [1.165, 1.54) is 0 Å². The largest absolute Gasteiger partial charge is 0.454 e. The Bertz CT molecular complexity index is 484. The molecule has 0 saturated carbocycles. The molecule has 5 nitrogen and oxygen atoms in total. The number of Topliss-reactive ketones (excluding diaryl/α,β-unsaturated/α-hetero) is 1. The van der Waals surface area contributed by atoms with E-state index in [4.69, 9.17) is 9.47 Å². The van der Waals surface area contributed by atoms with Crippen LogP contribution in [0.5, 0.6) is 11.5 Å². The van der Waals surface area contributed by atoms with Gasteiger partial charge in [-0.25, -0.2) is 0 Å². The average molecular weight is 263 g/mol. The Morgan fingerprint density at radius 1 is 1.21 bits per heavy atom. The minimum atomic E-state index is -0.0130. The molecule has 0 aliphatic carbocycles. The standard InChI is InChI=1S/C14H17NO4/c1-2-15-14(17)5-3-4-11(16)10-6-7-12-13(8-10)19-9-18-12/h6-8H,2-5,9H2,1H3,(H,15,17). The number of amides is 1. The SMILES string of the molecule is CCNC(=O)CCCC(=O)c1ccc2c(c1)OCO2. The second-order valence-electron chi connectivity index (χ2n) is 4.30. The molecule has 0 atom stereocenters. The highest BCUT2D eigenvalue weighted by molar-refractivity contribution is 5.96. The summed E-state index contributed by atoms with van der Waals surface area (Å²) in [6.07, 6.45) is 1.29. The molecule has 1 heterocycles. The molecule has 0 saturated heterocycles. The Balaban J connectivity index is 1.85. The summed E-state index contributed by atoms with van der Waals surface area (Å²) < 4.78 is 10.4. The Kier molecular flexibility index (Phi) is 4.39. The Morgan fingerprint density at radius 3 is 2.79 bits per heavy atom. The molecule has 0 fully saturated rings. The zero-order valence-corrected chi connectivity index (χ0v) is 10.9. The van der Waals surface area contributed by atoms with Crippen molar-refractivity contribution in [3.63, 3.8) is 0 Å². The number of hydrogen-bond acceptors (Lipinski definition) is 4. The van der Waals surface area contributed by atoms with Crippen LogP contribution in [0.2, 0.25) is 0 Å². The molecule has 0 spiro atoms. The topological polar surface area (TPSA) is 64.6 Å². The Labute approximate surface area is 111 Å². The highest BCUT2D eigenvalue weighted by Crippen LogP contribution is 2.32. The fourth-order valence-corrected chi connectivity index (χ4v) is 1.91. The van der Waals surface area contributed by atoms with E-state index in [1.807, 2.05) is 6.92 Å². The molecule has 5 heteroatoms. The van der Waals surface area contributed by atoms with Gasteiger partial charge in [0.1, 0.15) is 0 Å². The summed E-state index contributed by atoms with van der Waals surface area (Å²) in [4.78, 5) is 23.2. The van der Waals surface area contributed by atoms with Gasteiger partial charge in [-0.1, -0.05) is 0 Å². The molecule has 102 valence electrons. The van der Waals surface area contributed by atoms with Crippen LogP contribution in [0.4, 0.5) is 0 Å². The van der Waals surface area contributed by atoms with E-state index in [-0.39, 0.29) is 18.5 Å². The number of benzene rings is 1. The summed E-state index contributed by atoms with van der Waals surface area (Å²) in [6.45, 7) is 2.69. The molecule has 2 rings (SSSR count). The molecule has 0 bridgehead atoms. The number of hydrogen-bond donors (Lipinski definition) is 1. The third kappa shape index (κ3) is 3.47. The van der Waals surface area contributed by atoms with E-state index in [9.17, 15) is 9.59 Å². The van der Waals surface area contributed by atoms with Crippen LogP contribution in [0, 0.1) is 0 Å². The number of fused-ring (bicyclic) bond motifs is 1. The lowest BCUT2D eigenvalue weighted by Crippen LogP contribution is -2.22. The lowest BCUT2D eigenvalue weighted by molar-refractivity contribution is -0.121. The molecule has 1 amide bonds. The van der Waals surface area contributed by atoms with Crippen molar-refractivity contribution < 1.29 is 19.1 Å². The summed E-state index contributed by atoms with van der Waals surface area (Å²) in [5.41, 5.74) is 0.597. The maximum absolute atomic E-state index is 12.0. The minimum absolute atomic E-state index is 0.0130. The first-order valence-electron chi connectivity index (χ1n) is 6.40. The van der Waals surface area contributed by atoms with Crippen molar-refractivity contribution in [2.45, 2.75) is 26.2 Å². The number of nitrogens with one attached hydrogen (secondary N) is 1. The van der Waals surface area contributed by atoms with Gasteiger partial charge in [0, 0.05) is 24.9 Å². The van der Waals surface area contributed by atoms with Gasteiger partial charge in [-0.3, -0.25) is 9.59 Å². The second kappa shape index (κ2) is 6.22. The van der Waals surface area contributed by atoms with E-state index in [0.717, 1.165) is 0 Å². The molecule has 19 heavy (non-hydrogen) atoms. The normalized spacial score (nSPS) is 12.3. The van der Waals surface area contributed by atoms with Crippen molar-refractivity contribution in [3.8, 4) is 11.5 Å². The molecule has 0 radical (unpaired) electrons. The quantitative estimate of drug-likeness (QED) is 0.796. The highest BCUT2D eigenvalue weighted by atomic mass is 16.7. The monoisotopic (exact) mass is 263 g/mol. The third-order valence-corrected chi connectivity index (χ3v) is 2.88. The van der Waals surface area contributed by atoms with Crippen LogP contribution in [-0.2, 0) is 4.79 Å². The van der Waals surface area contributed by atoms with Crippen molar-refractivity contribution in [1.29, 1.82) is 0 Å². The zero-order chi connectivity index (χ0) is 13.7. The highest BCUT2D eigenvalue weighted by Gasteiger charge is 2.16. The van der Waals surface area contributed by atoms with Gasteiger partial charge in [-0.2, -0.15) is 0 Å². The zero-order valence-electron chi connectivity index (χ0n) is 10.9. The van der Waals surface area contributed by atoms with Gasteiger partial charge in [-0.05, 0) is 31.5 Å². The molecule has 0 unspecified atom stereocenters. The van der Waals surface area contributed by atoms with Crippen LogP contribution in [0.15, 0.2) is 18.2 Å². The van der Waals surface area contributed by atoms with Gasteiger partial charge >= 0.3 is 0 Å². The summed E-state index contributed by atoms with van der Waals surface area (Å²) in [5.74, 6) is 1.28. The average Bonchev–Trinajstić information content (AvgIpc) is 2.86. The molecule has 1 aliphatic rings. The maximum Gasteiger partial charge on any atom is 0.231 e. The minimum Gasteiger partial charge on any atom is -0.454 e. The number of carbonyl (C=O) groups is 2. The fraction of sp³-hybridized carbons (Fsp3) is 0.429. The number of rotatable bonds is 6. The first-order chi connectivity index (χ1) is 9.20. The first-order valence-corrected chi connectivity index (χ1v) is 6.40. The van der Waals surface area contributed by atoms with Gasteiger partial charge in [0.15, 0.2) is 17.3 Å². The lowest BCUT2D eigenvalue weighted by atomic mass is 10.0. The number of carbonyl (C=O) groups excluding carboxylic acids is 2. The second-order valence-corrected chi connectivity index (χ2v) is 4.30. The van der Waals surface area contributed by atoms with Gasteiger partial charge in [0.05, 0.1) is 0 Å². The lowest BCUT2D eigenvalue weighted by Gasteiger charge is -2.03. The predicted molar refractivity (Wildman–Crippen MR) is 69.4 cm³/mol. The smallest absolute Gasteiger partial charge is 0.231 e. The van der Waals surface area contributed by atoms with E-state index in [0.29, 0.717) is 42.9 Å². The maximum atomic E-state index is 12.0. The van der Waals surface area contributed by atoms with Crippen LogP contribution < -0.4 is 14.8 Å². The van der Waals surface area contributed by atoms with Crippen LogP contribution >= 0.6 is 0 Å². The summed E-state index contributed by atoms with van der Waals surface area (Å²) in [7, 11) is 0. The Morgan fingerprint density at radius 2 is 2.00 bits per heavy atom. The van der Waals surface area contributed by atoms with Gasteiger partial charge in [-0.15, -0.1) is 0 Å². The molecular weight excluding hydrogens is 246 g/mol. The first kappa shape index (κ1) is 13.4. The fourth-order valence-electron chi connectivity index (χ4n) is 1.91. The van der Waals surface area contributed by atoms with Crippen molar-refractivity contribution in [2.75, 3.05) is 13.3 Å². The van der Waals surface area contributed by atoms with Crippen molar-refractivity contribution in [2.24, 2.45) is 0 Å². The van der Waals surface area contributed by atoms with Gasteiger partial charge < -0.3 is 14.8 Å². The predicted octanol–water partition coefficient (Wildman–Crippen LogP) is 1.90. The van der Waals surface area contributed by atoms with E-state index < -0.39 is 0 Å². The molecule has 1 N–H and O–H groups in total. The summed E-state index contributed by atoms with van der Waals surface area (Å²) in [6, 6.07) is 5.15. The molecule has 1 aromatic carbocycles. The van der Waals surface area contributed by atoms with Crippen molar-refractivity contribution >= 4 is 11.7 Å². The molecule has 0 aromatic heterocycles. The van der Waals surface area contributed by atoms with Crippen LogP contribution in [-0.4, -0.2) is 25.0 Å². The van der Waals surface area contributed by atoms with E-state index >= 15 is 0 Å². The van der Waals surface area contributed by atoms with E-state index in [1.54, 1.807) is 18.2 Å². The van der Waals surface area contributed by atoms with Crippen LogP contribution in [0.25, 0.3) is 0 Å². The third-order valence-electron chi connectivity index (χ3n) is 2.88. The summed E-state index contributed by atoms with van der Waals surface area (Å²) >= 11 is 0. The van der Waals surface area contributed by atoms with E-state index in [2.05, 4.69) is 5.32 Å².